The second kappa shape index (κ2) is 7.83. The van der Waals surface area contributed by atoms with E-state index < -0.39 is 0 Å². The molecule has 1 saturated heterocycles. The van der Waals surface area contributed by atoms with E-state index in [-0.39, 0.29) is 0 Å². The van der Waals surface area contributed by atoms with Crippen molar-refractivity contribution in [2.75, 3.05) is 36.0 Å². The maximum Gasteiger partial charge on any atom is 0.129 e. The van der Waals surface area contributed by atoms with Gasteiger partial charge in [0.25, 0.3) is 0 Å². The van der Waals surface area contributed by atoms with Crippen molar-refractivity contribution in [2.24, 2.45) is 0 Å². The Labute approximate surface area is 169 Å². The fourth-order valence-corrected chi connectivity index (χ4v) is 3.55. The summed E-state index contributed by atoms with van der Waals surface area (Å²) in [7, 11) is 0. The van der Waals surface area contributed by atoms with Gasteiger partial charge in [-0.25, -0.2) is 9.97 Å². The number of aryl methyl sites for hydroxylation is 1. The molecule has 3 aromatic heterocycles. The number of nitriles is 1. The summed E-state index contributed by atoms with van der Waals surface area (Å²) < 4.78 is 0. The van der Waals surface area contributed by atoms with Gasteiger partial charge in [0, 0.05) is 50.3 Å². The van der Waals surface area contributed by atoms with Crippen LogP contribution in [0, 0.1) is 18.3 Å². The number of pyridine rings is 3. The van der Waals surface area contributed by atoms with Crippen molar-refractivity contribution in [2.45, 2.75) is 6.92 Å². The molecule has 0 atom stereocenters. The first kappa shape index (κ1) is 18.2. The van der Waals surface area contributed by atoms with Gasteiger partial charge in [-0.15, -0.1) is 0 Å². The molecule has 4 heterocycles. The average molecular weight is 391 g/mol. The summed E-state index contributed by atoms with van der Waals surface area (Å²) in [6.45, 7) is 5.36. The molecular formula is C21H19ClN6. The third-order valence-corrected chi connectivity index (χ3v) is 5.21. The number of hydrogen-bond donors (Lipinski definition) is 0. The second-order valence-corrected chi connectivity index (χ2v) is 7.09. The lowest BCUT2D eigenvalue weighted by Crippen LogP contribution is -2.47. The molecule has 3 aromatic rings. The van der Waals surface area contributed by atoms with Crippen LogP contribution in [0.25, 0.3) is 11.3 Å². The molecule has 1 aliphatic rings. The predicted molar refractivity (Wildman–Crippen MR) is 111 cm³/mol. The molecule has 28 heavy (non-hydrogen) atoms. The van der Waals surface area contributed by atoms with Crippen molar-refractivity contribution >= 4 is 23.2 Å². The monoisotopic (exact) mass is 390 g/mol. The van der Waals surface area contributed by atoms with Crippen LogP contribution in [0.3, 0.4) is 0 Å². The third kappa shape index (κ3) is 3.62. The first-order chi connectivity index (χ1) is 13.7. The van der Waals surface area contributed by atoms with Crippen LogP contribution >= 0.6 is 11.6 Å². The van der Waals surface area contributed by atoms with Crippen LogP contribution in [0.1, 0.15) is 11.1 Å². The average Bonchev–Trinajstić information content (AvgIpc) is 2.75. The molecule has 4 rings (SSSR count). The lowest BCUT2D eigenvalue weighted by molar-refractivity contribution is 0.642. The summed E-state index contributed by atoms with van der Waals surface area (Å²) in [6.07, 6.45) is 5.10. The number of nitrogens with zero attached hydrogens (tertiary/aromatic N) is 6. The molecule has 0 bridgehead atoms. The minimum Gasteiger partial charge on any atom is -0.353 e. The zero-order valence-electron chi connectivity index (χ0n) is 15.5. The minimum absolute atomic E-state index is 0.574. The molecule has 0 aliphatic carbocycles. The summed E-state index contributed by atoms with van der Waals surface area (Å²) in [4.78, 5) is 17.9. The summed E-state index contributed by atoms with van der Waals surface area (Å²) in [5.74, 6) is 1.80. The molecule has 0 aromatic carbocycles. The van der Waals surface area contributed by atoms with E-state index in [1.807, 2.05) is 31.2 Å². The Morgan fingerprint density at radius 1 is 0.964 bits per heavy atom. The van der Waals surface area contributed by atoms with Crippen molar-refractivity contribution < 1.29 is 0 Å². The lowest BCUT2D eigenvalue weighted by atomic mass is 10.1. The maximum absolute atomic E-state index is 8.91. The third-order valence-electron chi connectivity index (χ3n) is 4.91. The number of rotatable bonds is 3. The number of anilines is 2. The normalized spacial score (nSPS) is 14.0. The Kier molecular flexibility index (Phi) is 5.09. The minimum atomic E-state index is 0.574. The van der Waals surface area contributed by atoms with E-state index in [1.165, 1.54) is 0 Å². The molecule has 7 heteroatoms. The lowest BCUT2D eigenvalue weighted by Gasteiger charge is -2.36. The van der Waals surface area contributed by atoms with Crippen LogP contribution in [0.2, 0.25) is 5.02 Å². The molecule has 0 radical (unpaired) electrons. The van der Waals surface area contributed by atoms with Crippen molar-refractivity contribution in [1.29, 1.82) is 5.26 Å². The van der Waals surface area contributed by atoms with Gasteiger partial charge in [-0.1, -0.05) is 17.7 Å². The van der Waals surface area contributed by atoms with Crippen LogP contribution in [-0.2, 0) is 0 Å². The zero-order chi connectivity index (χ0) is 19.5. The molecule has 6 nitrogen and oxygen atoms in total. The largest absolute Gasteiger partial charge is 0.353 e. The Balaban J connectivity index is 1.51. The van der Waals surface area contributed by atoms with Crippen LogP contribution < -0.4 is 9.80 Å². The van der Waals surface area contributed by atoms with E-state index in [0.717, 1.165) is 54.6 Å². The molecule has 0 saturated carbocycles. The molecule has 1 aliphatic heterocycles. The van der Waals surface area contributed by atoms with Crippen molar-refractivity contribution in [3.05, 3.63) is 65.1 Å². The molecule has 0 spiro atoms. The maximum atomic E-state index is 8.91. The van der Waals surface area contributed by atoms with Gasteiger partial charge in [-0.2, -0.15) is 5.26 Å². The van der Waals surface area contributed by atoms with Crippen LogP contribution in [0.15, 0.2) is 48.9 Å². The molecule has 0 unspecified atom stereocenters. The van der Waals surface area contributed by atoms with Gasteiger partial charge in [0.15, 0.2) is 0 Å². The standard InChI is InChI=1S/C21H19ClN6/c1-15-3-2-6-24-21(15)17-11-20(26-14-18(17)22)28-9-7-27(8-10-28)19-5-4-16(12-23)13-25-19/h2-6,11,13-14H,7-10H2,1H3. The van der Waals surface area contributed by atoms with E-state index in [1.54, 1.807) is 24.7 Å². The number of aromatic nitrogens is 3. The topological polar surface area (TPSA) is 68.9 Å². The Morgan fingerprint density at radius 3 is 2.32 bits per heavy atom. The van der Waals surface area contributed by atoms with Gasteiger partial charge in [-0.05, 0) is 36.8 Å². The van der Waals surface area contributed by atoms with Gasteiger partial charge in [0.2, 0.25) is 0 Å². The van der Waals surface area contributed by atoms with Crippen LogP contribution in [0.4, 0.5) is 11.6 Å². The highest BCUT2D eigenvalue weighted by molar-refractivity contribution is 6.33. The first-order valence-corrected chi connectivity index (χ1v) is 9.47. The SMILES string of the molecule is Cc1cccnc1-c1cc(N2CCN(c3ccc(C#N)cn3)CC2)ncc1Cl. The van der Waals surface area contributed by atoms with Crippen molar-refractivity contribution in [3.63, 3.8) is 0 Å². The highest BCUT2D eigenvalue weighted by Crippen LogP contribution is 2.31. The van der Waals surface area contributed by atoms with Gasteiger partial charge in [0.1, 0.15) is 17.7 Å². The van der Waals surface area contributed by atoms with E-state index in [0.29, 0.717) is 10.6 Å². The first-order valence-electron chi connectivity index (χ1n) is 9.09. The number of piperazine rings is 1. The fraction of sp³-hybridized carbons (Fsp3) is 0.238. The second-order valence-electron chi connectivity index (χ2n) is 6.68. The van der Waals surface area contributed by atoms with Gasteiger partial charge >= 0.3 is 0 Å². The number of halogens is 1. The molecule has 140 valence electrons. The number of hydrogen-bond acceptors (Lipinski definition) is 6. The fourth-order valence-electron chi connectivity index (χ4n) is 3.35. The zero-order valence-corrected chi connectivity index (χ0v) is 16.3. The molecular weight excluding hydrogens is 372 g/mol. The Hall–Kier alpha value is -3.17. The van der Waals surface area contributed by atoms with E-state index in [4.69, 9.17) is 16.9 Å². The smallest absolute Gasteiger partial charge is 0.129 e. The van der Waals surface area contributed by atoms with Crippen LogP contribution in [-0.4, -0.2) is 41.1 Å². The van der Waals surface area contributed by atoms with Gasteiger partial charge in [0.05, 0.1) is 16.3 Å². The Bertz CT molecular complexity index is 1020. The molecule has 0 N–H and O–H groups in total. The van der Waals surface area contributed by atoms with Crippen molar-refractivity contribution in [3.8, 4) is 17.3 Å². The summed E-state index contributed by atoms with van der Waals surface area (Å²) >= 11 is 6.41. The highest BCUT2D eigenvalue weighted by atomic mass is 35.5. The van der Waals surface area contributed by atoms with Crippen LogP contribution in [0.5, 0.6) is 0 Å². The summed E-state index contributed by atoms with van der Waals surface area (Å²) in [6, 6.07) is 11.8. The summed E-state index contributed by atoms with van der Waals surface area (Å²) in [5.41, 5.74) is 3.45. The van der Waals surface area contributed by atoms with E-state index in [9.17, 15) is 0 Å². The van der Waals surface area contributed by atoms with E-state index in [2.05, 4.69) is 30.8 Å². The quantitative estimate of drug-likeness (QED) is 0.679. The molecule has 0 amide bonds. The van der Waals surface area contributed by atoms with Crippen molar-refractivity contribution in [1.82, 2.24) is 15.0 Å². The van der Waals surface area contributed by atoms with E-state index >= 15 is 0 Å². The Morgan fingerprint density at radius 2 is 1.68 bits per heavy atom. The highest BCUT2D eigenvalue weighted by Gasteiger charge is 2.20. The molecule has 1 fully saturated rings. The van der Waals surface area contributed by atoms with Gasteiger partial charge in [-0.3, -0.25) is 4.98 Å². The summed E-state index contributed by atoms with van der Waals surface area (Å²) in [5, 5.41) is 9.51. The predicted octanol–water partition coefficient (Wildman–Crippen LogP) is 3.70. The van der Waals surface area contributed by atoms with Gasteiger partial charge < -0.3 is 9.80 Å².